The number of carbonyl (C=O) groups excluding carboxylic acids is 1. The Bertz CT molecular complexity index is 1010. The predicted molar refractivity (Wildman–Crippen MR) is 123 cm³/mol. The van der Waals surface area contributed by atoms with Crippen LogP contribution >= 0.6 is 11.3 Å². The lowest BCUT2D eigenvalue weighted by atomic mass is 9.96. The number of sulfonamides is 1. The first-order chi connectivity index (χ1) is 14.9. The number of carbonyl (C=O) groups is 1. The molecule has 1 unspecified atom stereocenters. The second-order valence-electron chi connectivity index (χ2n) is 8.31. The SMILES string of the molecule is CCN(CC)S(=O)(=O)c1ccc(CNC(=O)CN2CCc3sccc3C2C2CC2)cc1. The average molecular weight is 462 g/mol. The van der Waals surface area contributed by atoms with Gasteiger partial charge in [-0.15, -0.1) is 11.3 Å². The number of hydrogen-bond acceptors (Lipinski definition) is 5. The van der Waals surface area contributed by atoms with Gasteiger partial charge in [0, 0.05) is 37.1 Å². The quantitative estimate of drug-likeness (QED) is 0.621. The fourth-order valence-corrected chi connectivity index (χ4v) is 6.84. The molecule has 1 amide bonds. The van der Waals surface area contributed by atoms with Crippen molar-refractivity contribution in [2.45, 2.75) is 50.6 Å². The van der Waals surface area contributed by atoms with Crippen LogP contribution in [0.1, 0.15) is 48.7 Å². The molecule has 2 heterocycles. The summed E-state index contributed by atoms with van der Waals surface area (Å²) in [6.07, 6.45) is 3.52. The van der Waals surface area contributed by atoms with Crippen LogP contribution in [0.2, 0.25) is 0 Å². The molecule has 4 rings (SSSR count). The summed E-state index contributed by atoms with van der Waals surface area (Å²) in [6, 6.07) is 9.43. The summed E-state index contributed by atoms with van der Waals surface area (Å²) in [4.78, 5) is 16.8. The van der Waals surface area contributed by atoms with Gasteiger partial charge in [0.2, 0.25) is 15.9 Å². The summed E-state index contributed by atoms with van der Waals surface area (Å²) in [5.41, 5.74) is 2.32. The maximum absolute atomic E-state index is 12.7. The number of benzene rings is 1. The highest BCUT2D eigenvalue weighted by atomic mass is 32.2. The number of hydrogen-bond donors (Lipinski definition) is 1. The lowest BCUT2D eigenvalue weighted by Crippen LogP contribution is -2.42. The van der Waals surface area contributed by atoms with Crippen LogP contribution in [0.3, 0.4) is 0 Å². The molecule has 0 radical (unpaired) electrons. The number of fused-ring (bicyclic) bond motifs is 1. The van der Waals surface area contributed by atoms with E-state index in [-0.39, 0.29) is 5.91 Å². The molecule has 2 aromatic rings. The number of thiophene rings is 1. The number of amides is 1. The van der Waals surface area contributed by atoms with Crippen LogP contribution in [0.25, 0.3) is 0 Å². The molecule has 2 aliphatic rings. The normalized spacial score (nSPS) is 19.4. The molecule has 1 saturated carbocycles. The zero-order chi connectivity index (χ0) is 22.0. The van der Waals surface area contributed by atoms with Gasteiger partial charge in [-0.1, -0.05) is 26.0 Å². The Morgan fingerprint density at radius 2 is 1.87 bits per heavy atom. The van der Waals surface area contributed by atoms with Gasteiger partial charge < -0.3 is 5.32 Å². The van der Waals surface area contributed by atoms with Crippen molar-refractivity contribution < 1.29 is 13.2 Å². The smallest absolute Gasteiger partial charge is 0.243 e. The highest BCUT2D eigenvalue weighted by molar-refractivity contribution is 7.89. The van der Waals surface area contributed by atoms with E-state index >= 15 is 0 Å². The monoisotopic (exact) mass is 461 g/mol. The lowest BCUT2D eigenvalue weighted by molar-refractivity contribution is -0.123. The second kappa shape index (κ2) is 9.40. The van der Waals surface area contributed by atoms with Crippen molar-refractivity contribution in [3.8, 4) is 0 Å². The van der Waals surface area contributed by atoms with E-state index in [0.717, 1.165) is 18.5 Å². The third kappa shape index (κ3) is 4.87. The van der Waals surface area contributed by atoms with Crippen molar-refractivity contribution in [1.82, 2.24) is 14.5 Å². The third-order valence-corrected chi connectivity index (χ3v) is 9.35. The highest BCUT2D eigenvalue weighted by Crippen LogP contribution is 2.48. The summed E-state index contributed by atoms with van der Waals surface area (Å²) >= 11 is 1.84. The van der Waals surface area contributed by atoms with Gasteiger partial charge in [0.05, 0.1) is 11.4 Å². The van der Waals surface area contributed by atoms with E-state index < -0.39 is 10.0 Å². The zero-order valence-corrected chi connectivity index (χ0v) is 19.8. The van der Waals surface area contributed by atoms with Gasteiger partial charge >= 0.3 is 0 Å². The van der Waals surface area contributed by atoms with Gasteiger partial charge in [0.15, 0.2) is 0 Å². The van der Waals surface area contributed by atoms with Gasteiger partial charge in [-0.3, -0.25) is 9.69 Å². The largest absolute Gasteiger partial charge is 0.351 e. The maximum Gasteiger partial charge on any atom is 0.243 e. The van der Waals surface area contributed by atoms with E-state index in [1.165, 1.54) is 27.6 Å². The fourth-order valence-electron chi connectivity index (χ4n) is 4.47. The zero-order valence-electron chi connectivity index (χ0n) is 18.2. The minimum absolute atomic E-state index is 0.0177. The molecular weight excluding hydrogens is 430 g/mol. The minimum atomic E-state index is -3.46. The summed E-state index contributed by atoms with van der Waals surface area (Å²) in [7, 11) is -3.46. The van der Waals surface area contributed by atoms with Crippen molar-refractivity contribution in [2.75, 3.05) is 26.2 Å². The molecule has 1 atom stereocenters. The van der Waals surface area contributed by atoms with Crippen LogP contribution in [0.4, 0.5) is 0 Å². The second-order valence-corrected chi connectivity index (χ2v) is 11.3. The molecule has 1 aliphatic carbocycles. The number of nitrogens with zero attached hydrogens (tertiary/aromatic N) is 2. The maximum atomic E-state index is 12.7. The van der Waals surface area contributed by atoms with Crippen molar-refractivity contribution in [3.63, 3.8) is 0 Å². The van der Waals surface area contributed by atoms with E-state index in [2.05, 4.69) is 21.7 Å². The van der Waals surface area contributed by atoms with Crippen molar-refractivity contribution >= 4 is 27.3 Å². The Hall–Kier alpha value is -1.74. The van der Waals surface area contributed by atoms with Crippen molar-refractivity contribution in [2.24, 2.45) is 5.92 Å². The Balaban J connectivity index is 1.34. The van der Waals surface area contributed by atoms with E-state index in [9.17, 15) is 13.2 Å². The van der Waals surface area contributed by atoms with Crippen LogP contribution in [-0.4, -0.2) is 49.7 Å². The first-order valence-electron chi connectivity index (χ1n) is 11.1. The van der Waals surface area contributed by atoms with Crippen LogP contribution in [0, 0.1) is 5.92 Å². The molecule has 0 saturated heterocycles. The molecule has 1 aliphatic heterocycles. The van der Waals surface area contributed by atoms with Gasteiger partial charge in [0.1, 0.15) is 0 Å². The highest BCUT2D eigenvalue weighted by Gasteiger charge is 2.40. The van der Waals surface area contributed by atoms with Gasteiger partial charge in [-0.25, -0.2) is 8.42 Å². The molecule has 1 N–H and O–H groups in total. The van der Waals surface area contributed by atoms with Crippen molar-refractivity contribution in [1.29, 1.82) is 0 Å². The van der Waals surface area contributed by atoms with Gasteiger partial charge in [-0.05, 0) is 59.9 Å². The van der Waals surface area contributed by atoms with E-state index in [1.807, 2.05) is 25.2 Å². The Morgan fingerprint density at radius 1 is 1.16 bits per heavy atom. The molecular formula is C23H31N3O3S2. The summed E-state index contributed by atoms with van der Waals surface area (Å²) in [5, 5.41) is 5.18. The molecule has 0 spiro atoms. The molecule has 1 aromatic carbocycles. The fraction of sp³-hybridized carbons (Fsp3) is 0.522. The summed E-state index contributed by atoms with van der Waals surface area (Å²) < 4.78 is 26.6. The minimum Gasteiger partial charge on any atom is -0.351 e. The van der Waals surface area contributed by atoms with E-state index in [1.54, 1.807) is 24.3 Å². The standard InChI is InChI=1S/C23H31N3O3S2/c1-3-26(4-2)31(28,29)19-9-5-17(6-10-19)15-24-22(27)16-25-13-11-21-20(12-14-30-21)23(25)18-7-8-18/h5-6,9-10,12,14,18,23H,3-4,7-8,11,13,15-16H2,1-2H3,(H,24,27). The molecule has 1 aromatic heterocycles. The first-order valence-corrected chi connectivity index (χ1v) is 13.4. The first kappa shape index (κ1) is 22.5. The average Bonchev–Trinajstić information content (AvgIpc) is 3.49. The topological polar surface area (TPSA) is 69.7 Å². The Morgan fingerprint density at radius 3 is 2.52 bits per heavy atom. The van der Waals surface area contributed by atoms with E-state index in [0.29, 0.717) is 43.0 Å². The van der Waals surface area contributed by atoms with E-state index in [4.69, 9.17) is 0 Å². The van der Waals surface area contributed by atoms with Crippen LogP contribution < -0.4 is 5.32 Å². The molecule has 168 valence electrons. The number of rotatable bonds is 9. The molecule has 31 heavy (non-hydrogen) atoms. The molecule has 8 heteroatoms. The van der Waals surface area contributed by atoms with Crippen LogP contribution in [0.15, 0.2) is 40.6 Å². The molecule has 0 bridgehead atoms. The number of nitrogens with one attached hydrogen (secondary N) is 1. The van der Waals surface area contributed by atoms with Gasteiger partial charge in [-0.2, -0.15) is 4.31 Å². The van der Waals surface area contributed by atoms with Crippen LogP contribution in [-0.2, 0) is 27.8 Å². The summed E-state index contributed by atoms with van der Waals surface area (Å²) in [5.74, 6) is 0.700. The Kier molecular flexibility index (Phi) is 6.81. The van der Waals surface area contributed by atoms with Crippen molar-refractivity contribution in [3.05, 3.63) is 51.7 Å². The third-order valence-electron chi connectivity index (χ3n) is 6.29. The molecule has 1 fully saturated rings. The Labute approximate surface area is 189 Å². The van der Waals surface area contributed by atoms with Gasteiger partial charge in [0.25, 0.3) is 0 Å². The predicted octanol–water partition coefficient (Wildman–Crippen LogP) is 3.40. The lowest BCUT2D eigenvalue weighted by Gasteiger charge is -2.35. The van der Waals surface area contributed by atoms with Crippen LogP contribution in [0.5, 0.6) is 0 Å². The molecule has 6 nitrogen and oxygen atoms in total. The summed E-state index contributed by atoms with van der Waals surface area (Å²) in [6.45, 7) is 6.30.